The Morgan fingerprint density at radius 2 is 2.38 bits per heavy atom. The summed E-state index contributed by atoms with van der Waals surface area (Å²) < 4.78 is 7.25. The second-order valence-corrected chi connectivity index (χ2v) is 4.25. The fraction of sp³-hybridized carbons (Fsp3) is 0.600. The Hall–Kier alpha value is -1.04. The third-order valence-electron chi connectivity index (χ3n) is 2.15. The lowest BCUT2D eigenvalue weighted by Crippen LogP contribution is -2.22. The number of nitrogen functional groups attached to an aromatic ring is 1. The van der Waals surface area contributed by atoms with Gasteiger partial charge in [-0.2, -0.15) is 5.10 Å². The van der Waals surface area contributed by atoms with E-state index >= 15 is 0 Å². The van der Waals surface area contributed by atoms with Crippen LogP contribution < -0.4 is 5.73 Å². The lowest BCUT2D eigenvalue weighted by Gasteiger charge is -2.14. The molecule has 0 aliphatic carbocycles. The van der Waals surface area contributed by atoms with Gasteiger partial charge in [0.1, 0.15) is 6.04 Å². The summed E-state index contributed by atoms with van der Waals surface area (Å²) in [6.45, 7) is 4.17. The van der Waals surface area contributed by atoms with E-state index in [4.69, 9.17) is 10.5 Å². The van der Waals surface area contributed by atoms with E-state index in [0.29, 0.717) is 23.3 Å². The molecule has 1 atom stereocenters. The van der Waals surface area contributed by atoms with Gasteiger partial charge >= 0.3 is 5.97 Å². The van der Waals surface area contributed by atoms with Crippen LogP contribution in [0.15, 0.2) is 10.7 Å². The average molecular weight is 290 g/mol. The van der Waals surface area contributed by atoms with Crippen LogP contribution >= 0.6 is 15.9 Å². The van der Waals surface area contributed by atoms with Gasteiger partial charge in [-0.25, -0.2) is 4.79 Å². The van der Waals surface area contributed by atoms with Crippen molar-refractivity contribution in [2.45, 2.75) is 32.7 Å². The van der Waals surface area contributed by atoms with E-state index in [1.54, 1.807) is 17.8 Å². The van der Waals surface area contributed by atoms with E-state index in [1.165, 1.54) is 0 Å². The molecule has 1 heterocycles. The molecule has 2 N–H and O–H groups in total. The predicted molar refractivity (Wildman–Crippen MR) is 64.9 cm³/mol. The molecule has 0 bridgehead atoms. The molecule has 0 aromatic carbocycles. The summed E-state index contributed by atoms with van der Waals surface area (Å²) in [5.41, 5.74) is 5.62. The molecular formula is C10H16BrN3O2. The first-order valence-electron chi connectivity index (χ1n) is 5.26. The van der Waals surface area contributed by atoms with Crippen LogP contribution in [0.2, 0.25) is 0 Å². The van der Waals surface area contributed by atoms with Gasteiger partial charge < -0.3 is 10.5 Å². The van der Waals surface area contributed by atoms with E-state index in [0.717, 1.165) is 6.42 Å². The normalized spacial score (nSPS) is 12.4. The van der Waals surface area contributed by atoms with Crippen LogP contribution in [0.5, 0.6) is 0 Å². The van der Waals surface area contributed by atoms with Crippen LogP contribution in [0.4, 0.5) is 5.82 Å². The second kappa shape index (κ2) is 5.89. The first-order valence-corrected chi connectivity index (χ1v) is 6.06. The number of carbonyl (C=O) groups is 1. The molecule has 0 radical (unpaired) electrons. The quantitative estimate of drug-likeness (QED) is 0.843. The zero-order chi connectivity index (χ0) is 12.1. The number of nitrogens with two attached hydrogens (primary N) is 1. The van der Waals surface area contributed by atoms with Gasteiger partial charge in [-0.05, 0) is 29.3 Å². The molecule has 0 saturated heterocycles. The average Bonchev–Trinajstić information content (AvgIpc) is 2.55. The highest BCUT2D eigenvalue weighted by atomic mass is 79.9. The maximum Gasteiger partial charge on any atom is 0.330 e. The van der Waals surface area contributed by atoms with Crippen LogP contribution in [0.3, 0.4) is 0 Å². The molecule has 0 aliphatic heterocycles. The number of rotatable bonds is 5. The van der Waals surface area contributed by atoms with Crippen LogP contribution in [0, 0.1) is 0 Å². The molecule has 5 nitrogen and oxygen atoms in total. The number of anilines is 1. The van der Waals surface area contributed by atoms with E-state index in [-0.39, 0.29) is 5.97 Å². The third-order valence-corrected chi connectivity index (χ3v) is 2.76. The highest BCUT2D eigenvalue weighted by molar-refractivity contribution is 9.10. The van der Waals surface area contributed by atoms with Gasteiger partial charge in [0.15, 0.2) is 5.82 Å². The van der Waals surface area contributed by atoms with E-state index in [1.807, 2.05) is 6.92 Å². The van der Waals surface area contributed by atoms with Crippen LogP contribution in [0.25, 0.3) is 0 Å². The number of esters is 1. The lowest BCUT2D eigenvalue weighted by molar-refractivity contribution is -0.147. The minimum atomic E-state index is -0.390. The van der Waals surface area contributed by atoms with E-state index in [9.17, 15) is 4.79 Å². The number of ether oxygens (including phenoxy) is 1. The Balaban J connectivity index is 2.88. The minimum absolute atomic E-state index is 0.264. The number of halogens is 1. The SMILES string of the molecule is CCCC(C(=O)OCC)n1cc(Br)c(N)n1. The summed E-state index contributed by atoms with van der Waals surface area (Å²) >= 11 is 3.26. The monoisotopic (exact) mass is 289 g/mol. The molecule has 1 rings (SSSR count). The topological polar surface area (TPSA) is 70.1 Å². The second-order valence-electron chi connectivity index (χ2n) is 3.40. The molecule has 0 fully saturated rings. The highest BCUT2D eigenvalue weighted by Gasteiger charge is 2.22. The van der Waals surface area contributed by atoms with Gasteiger partial charge in [-0.3, -0.25) is 4.68 Å². The molecule has 1 aromatic heterocycles. The fourth-order valence-corrected chi connectivity index (χ4v) is 1.70. The standard InChI is InChI=1S/C10H16BrN3O2/c1-3-5-8(10(15)16-4-2)14-6-7(11)9(12)13-14/h6,8H,3-5H2,1-2H3,(H2,12,13). The smallest absolute Gasteiger partial charge is 0.330 e. The van der Waals surface area contributed by atoms with Crippen molar-refractivity contribution in [3.05, 3.63) is 10.7 Å². The molecule has 0 saturated carbocycles. The Bertz CT molecular complexity index is 345. The molecule has 1 unspecified atom stereocenters. The van der Waals surface area contributed by atoms with Crippen molar-refractivity contribution in [2.75, 3.05) is 12.3 Å². The largest absolute Gasteiger partial charge is 0.464 e. The number of hydrogen-bond donors (Lipinski definition) is 1. The molecule has 0 amide bonds. The van der Waals surface area contributed by atoms with Gasteiger partial charge in [-0.1, -0.05) is 13.3 Å². The molecule has 0 spiro atoms. The highest BCUT2D eigenvalue weighted by Crippen LogP contribution is 2.22. The molecule has 16 heavy (non-hydrogen) atoms. The number of hydrogen-bond acceptors (Lipinski definition) is 4. The van der Waals surface area contributed by atoms with Crippen molar-refractivity contribution in [1.82, 2.24) is 9.78 Å². The summed E-state index contributed by atoms with van der Waals surface area (Å²) in [5, 5.41) is 4.08. The van der Waals surface area contributed by atoms with Crippen LogP contribution in [0.1, 0.15) is 32.7 Å². The molecule has 6 heteroatoms. The van der Waals surface area contributed by atoms with Gasteiger partial charge in [0.05, 0.1) is 11.1 Å². The van der Waals surface area contributed by atoms with Crippen molar-refractivity contribution in [1.29, 1.82) is 0 Å². The first-order chi connectivity index (χ1) is 7.60. The zero-order valence-corrected chi connectivity index (χ0v) is 11.0. The van der Waals surface area contributed by atoms with Gasteiger partial charge in [0.25, 0.3) is 0 Å². The van der Waals surface area contributed by atoms with Crippen molar-refractivity contribution in [3.63, 3.8) is 0 Å². The third kappa shape index (κ3) is 2.98. The number of carbonyl (C=O) groups excluding carboxylic acids is 1. The maximum atomic E-state index is 11.7. The zero-order valence-electron chi connectivity index (χ0n) is 9.44. The summed E-state index contributed by atoms with van der Waals surface area (Å²) in [6, 6.07) is -0.390. The van der Waals surface area contributed by atoms with Crippen molar-refractivity contribution >= 4 is 27.7 Å². The first kappa shape index (κ1) is 13.0. The Morgan fingerprint density at radius 1 is 1.69 bits per heavy atom. The number of nitrogens with zero attached hydrogens (tertiary/aromatic N) is 2. The predicted octanol–water partition coefficient (Wildman–Crippen LogP) is 2.13. The van der Waals surface area contributed by atoms with Crippen LogP contribution in [-0.2, 0) is 9.53 Å². The molecule has 1 aromatic rings. The summed E-state index contributed by atoms with van der Waals surface area (Å²) in [4.78, 5) is 11.7. The number of aromatic nitrogens is 2. The molecule has 90 valence electrons. The molecular weight excluding hydrogens is 274 g/mol. The van der Waals surface area contributed by atoms with Crippen molar-refractivity contribution < 1.29 is 9.53 Å². The minimum Gasteiger partial charge on any atom is -0.464 e. The Kier molecular flexibility index (Phi) is 4.79. The molecule has 0 aliphatic rings. The summed E-state index contributed by atoms with van der Waals surface area (Å²) in [6.07, 6.45) is 3.26. The lowest BCUT2D eigenvalue weighted by atomic mass is 10.2. The van der Waals surface area contributed by atoms with Gasteiger partial charge in [0, 0.05) is 6.20 Å². The van der Waals surface area contributed by atoms with Crippen LogP contribution in [-0.4, -0.2) is 22.4 Å². The van der Waals surface area contributed by atoms with Crippen molar-refractivity contribution in [2.24, 2.45) is 0 Å². The van der Waals surface area contributed by atoms with E-state index < -0.39 is 6.04 Å². The fourth-order valence-electron chi connectivity index (χ4n) is 1.41. The van der Waals surface area contributed by atoms with Crippen molar-refractivity contribution in [3.8, 4) is 0 Å². The Labute approximate surface area is 103 Å². The summed E-state index contributed by atoms with van der Waals surface area (Å²) in [5.74, 6) is 0.116. The maximum absolute atomic E-state index is 11.7. The van der Waals surface area contributed by atoms with Gasteiger partial charge in [0.2, 0.25) is 0 Å². The van der Waals surface area contributed by atoms with E-state index in [2.05, 4.69) is 21.0 Å². The Morgan fingerprint density at radius 3 is 2.81 bits per heavy atom. The van der Waals surface area contributed by atoms with Gasteiger partial charge in [-0.15, -0.1) is 0 Å². The summed E-state index contributed by atoms with van der Waals surface area (Å²) in [7, 11) is 0.